The Hall–Kier alpha value is -3.42. The molecule has 0 unspecified atom stereocenters. The van der Waals surface area contributed by atoms with Gasteiger partial charge in [0.05, 0.1) is 18.2 Å². The fourth-order valence-electron chi connectivity index (χ4n) is 4.56. The number of nitrogens with zero attached hydrogens (tertiary/aromatic N) is 4. The quantitative estimate of drug-likeness (QED) is 0.562. The fraction of sp³-hybridized carbons (Fsp3) is 0.440. The second-order valence-corrected chi connectivity index (χ2v) is 8.64. The second kappa shape index (κ2) is 9.60. The van der Waals surface area contributed by atoms with Gasteiger partial charge in [0.15, 0.2) is 5.75 Å². The number of carboxylic acid groups (broad SMARTS) is 1. The van der Waals surface area contributed by atoms with Crippen LogP contribution in [-0.2, 0) is 30.5 Å². The molecule has 1 N–H and O–H groups in total. The van der Waals surface area contributed by atoms with E-state index in [1.807, 2.05) is 12.3 Å². The number of aryl methyl sites for hydroxylation is 4. The van der Waals surface area contributed by atoms with Crippen LogP contribution >= 0.6 is 0 Å². The highest BCUT2D eigenvalue weighted by Crippen LogP contribution is 2.32. The molecular formula is C25H28N4O4. The molecule has 0 bridgehead atoms. The summed E-state index contributed by atoms with van der Waals surface area (Å²) in [5.41, 5.74) is 5.49. The van der Waals surface area contributed by atoms with Crippen LogP contribution in [0.1, 0.15) is 59.9 Å². The first-order chi connectivity index (χ1) is 16.2. The molecule has 33 heavy (non-hydrogen) atoms. The molecule has 0 saturated carbocycles. The summed E-state index contributed by atoms with van der Waals surface area (Å²) in [7, 11) is 0. The third-order valence-electron chi connectivity index (χ3n) is 6.26. The molecule has 8 heteroatoms. The van der Waals surface area contributed by atoms with Gasteiger partial charge in [-0.3, -0.25) is 14.5 Å². The van der Waals surface area contributed by atoms with Crippen LogP contribution in [0.2, 0.25) is 0 Å². The molecule has 172 valence electrons. The Balaban J connectivity index is 1.26. The van der Waals surface area contributed by atoms with Gasteiger partial charge in [0.2, 0.25) is 0 Å². The summed E-state index contributed by atoms with van der Waals surface area (Å²) in [5, 5.41) is 14.2. The molecule has 3 aromatic heterocycles. The molecule has 0 radical (unpaired) electrons. The van der Waals surface area contributed by atoms with E-state index in [0.717, 1.165) is 49.1 Å². The van der Waals surface area contributed by atoms with Crippen molar-refractivity contribution < 1.29 is 19.4 Å². The second-order valence-electron chi connectivity index (χ2n) is 8.64. The number of pyridine rings is 2. The van der Waals surface area contributed by atoms with Crippen molar-refractivity contribution in [3.63, 3.8) is 0 Å². The van der Waals surface area contributed by atoms with Crippen LogP contribution in [0.25, 0.3) is 0 Å². The lowest BCUT2D eigenvalue weighted by atomic mass is 9.95. The van der Waals surface area contributed by atoms with Crippen LogP contribution < -0.4 is 9.47 Å². The van der Waals surface area contributed by atoms with E-state index in [2.05, 4.69) is 22.2 Å². The molecule has 8 nitrogen and oxygen atoms in total. The van der Waals surface area contributed by atoms with Gasteiger partial charge in [-0.15, -0.1) is 0 Å². The number of fused-ring (bicyclic) bond motifs is 2. The van der Waals surface area contributed by atoms with Crippen LogP contribution in [0.5, 0.6) is 11.6 Å². The number of carbonyl (C=O) groups is 1. The van der Waals surface area contributed by atoms with E-state index in [1.165, 1.54) is 24.1 Å². The fourth-order valence-corrected chi connectivity index (χ4v) is 4.56. The van der Waals surface area contributed by atoms with Gasteiger partial charge < -0.3 is 14.6 Å². The number of hydrogen-bond donors (Lipinski definition) is 1. The topological polar surface area (TPSA) is 99.4 Å². The minimum atomic E-state index is -0.898. The van der Waals surface area contributed by atoms with Crippen molar-refractivity contribution in [3.05, 3.63) is 64.9 Å². The molecule has 1 aliphatic heterocycles. The predicted molar refractivity (Wildman–Crippen MR) is 121 cm³/mol. The van der Waals surface area contributed by atoms with Crippen molar-refractivity contribution in [2.45, 2.75) is 57.4 Å². The highest BCUT2D eigenvalue weighted by atomic mass is 16.6. The number of aromatic nitrogens is 4. The van der Waals surface area contributed by atoms with E-state index in [9.17, 15) is 9.90 Å². The molecular weight excluding hydrogens is 420 g/mol. The molecule has 0 saturated heterocycles. The first kappa shape index (κ1) is 21.4. The predicted octanol–water partition coefficient (Wildman–Crippen LogP) is 3.56. The van der Waals surface area contributed by atoms with Crippen molar-refractivity contribution in [1.29, 1.82) is 0 Å². The summed E-state index contributed by atoms with van der Waals surface area (Å²) >= 11 is 0. The summed E-state index contributed by atoms with van der Waals surface area (Å²) in [6.07, 6.45) is 10.8. The van der Waals surface area contributed by atoms with Crippen molar-refractivity contribution >= 4 is 5.97 Å². The first-order valence-corrected chi connectivity index (χ1v) is 11.6. The number of carboxylic acids is 1. The van der Waals surface area contributed by atoms with Crippen molar-refractivity contribution in [2.75, 3.05) is 13.2 Å². The van der Waals surface area contributed by atoms with Crippen LogP contribution in [0.3, 0.4) is 0 Å². The number of ether oxygens (including phenoxy) is 2. The minimum Gasteiger partial charge on any atom is -0.484 e. The lowest BCUT2D eigenvalue weighted by Crippen LogP contribution is -2.19. The maximum atomic E-state index is 11.6. The zero-order valence-corrected chi connectivity index (χ0v) is 18.6. The third kappa shape index (κ3) is 4.99. The SMILES string of the molecule is O=C(O)C[C@H](c1cnc2c(c1)OCCO2)n1ccc(CCCc2ccc3c(n2)CCCC3)n1. The Bertz CT molecular complexity index is 1140. The van der Waals surface area contributed by atoms with Crippen LogP contribution in [0.15, 0.2) is 36.7 Å². The van der Waals surface area contributed by atoms with Gasteiger partial charge in [0.1, 0.15) is 13.2 Å². The van der Waals surface area contributed by atoms with Crippen molar-refractivity contribution in [1.82, 2.24) is 19.7 Å². The number of aliphatic carboxylic acids is 1. The van der Waals surface area contributed by atoms with E-state index in [1.54, 1.807) is 16.9 Å². The average Bonchev–Trinajstić information content (AvgIpc) is 3.30. The molecule has 3 aromatic rings. The van der Waals surface area contributed by atoms with Gasteiger partial charge in [-0.05, 0) is 74.3 Å². The molecule has 1 atom stereocenters. The molecule has 0 aromatic carbocycles. The molecule has 4 heterocycles. The normalized spacial score (nSPS) is 15.6. The van der Waals surface area contributed by atoms with Crippen LogP contribution in [-0.4, -0.2) is 44.0 Å². The minimum absolute atomic E-state index is 0.0957. The maximum Gasteiger partial charge on any atom is 0.305 e. The monoisotopic (exact) mass is 448 g/mol. The molecule has 0 spiro atoms. The first-order valence-electron chi connectivity index (χ1n) is 11.6. The Labute approximate surface area is 192 Å². The zero-order valence-electron chi connectivity index (χ0n) is 18.6. The van der Waals surface area contributed by atoms with E-state index < -0.39 is 12.0 Å². The van der Waals surface area contributed by atoms with Gasteiger partial charge >= 0.3 is 5.97 Å². The molecule has 2 aliphatic rings. The van der Waals surface area contributed by atoms with Gasteiger partial charge in [-0.2, -0.15) is 5.10 Å². The molecule has 0 fully saturated rings. The summed E-state index contributed by atoms with van der Waals surface area (Å²) in [6.45, 7) is 0.911. The largest absolute Gasteiger partial charge is 0.484 e. The molecule has 5 rings (SSSR count). The van der Waals surface area contributed by atoms with E-state index in [4.69, 9.17) is 14.5 Å². The maximum absolute atomic E-state index is 11.6. The Morgan fingerprint density at radius 1 is 1.09 bits per heavy atom. The summed E-state index contributed by atoms with van der Waals surface area (Å²) < 4.78 is 12.8. The Kier molecular flexibility index (Phi) is 6.24. The van der Waals surface area contributed by atoms with Gasteiger partial charge in [0.25, 0.3) is 5.88 Å². The number of hydrogen-bond acceptors (Lipinski definition) is 6. The van der Waals surface area contributed by atoms with Gasteiger partial charge in [-0.25, -0.2) is 4.98 Å². The van der Waals surface area contributed by atoms with Crippen molar-refractivity contribution in [2.24, 2.45) is 0 Å². The number of rotatable bonds is 8. The lowest BCUT2D eigenvalue weighted by Gasteiger charge is -2.21. The van der Waals surface area contributed by atoms with Gasteiger partial charge in [0, 0.05) is 23.8 Å². The summed E-state index contributed by atoms with van der Waals surface area (Å²) in [5.74, 6) is 0.0838. The Morgan fingerprint density at radius 2 is 1.94 bits per heavy atom. The average molecular weight is 449 g/mol. The van der Waals surface area contributed by atoms with Crippen LogP contribution in [0.4, 0.5) is 0 Å². The van der Waals surface area contributed by atoms with Gasteiger partial charge in [-0.1, -0.05) is 6.07 Å². The summed E-state index contributed by atoms with van der Waals surface area (Å²) in [4.78, 5) is 20.7. The van der Waals surface area contributed by atoms with E-state index >= 15 is 0 Å². The third-order valence-corrected chi connectivity index (χ3v) is 6.26. The summed E-state index contributed by atoms with van der Waals surface area (Å²) in [6, 6.07) is 7.69. The highest BCUT2D eigenvalue weighted by Gasteiger charge is 2.23. The molecule has 1 aliphatic carbocycles. The van der Waals surface area contributed by atoms with Crippen LogP contribution in [0, 0.1) is 0 Å². The smallest absolute Gasteiger partial charge is 0.305 e. The highest BCUT2D eigenvalue weighted by molar-refractivity contribution is 5.68. The molecule has 0 amide bonds. The Morgan fingerprint density at radius 3 is 2.85 bits per heavy atom. The van der Waals surface area contributed by atoms with E-state index in [-0.39, 0.29) is 6.42 Å². The zero-order chi connectivity index (χ0) is 22.6. The standard InChI is InChI=1S/C25H28N4O4/c30-24(31)15-22(18-14-23-25(26-16-18)33-13-12-32-23)29-11-10-20(28-29)6-3-5-19-9-8-17-4-1-2-7-21(17)27-19/h8-11,14,16,22H,1-7,12-13,15H2,(H,30,31)/t22-/m1/s1. The van der Waals surface area contributed by atoms with Crippen molar-refractivity contribution in [3.8, 4) is 11.6 Å². The van der Waals surface area contributed by atoms with E-state index in [0.29, 0.717) is 24.8 Å². The lowest BCUT2D eigenvalue weighted by molar-refractivity contribution is -0.137.